The highest BCUT2D eigenvalue weighted by Gasteiger charge is 2.13. The molecule has 0 rings (SSSR count). The first-order valence-electron chi connectivity index (χ1n) is 5.82. The van der Waals surface area contributed by atoms with E-state index >= 15 is 0 Å². The van der Waals surface area contributed by atoms with Gasteiger partial charge >= 0.3 is 0 Å². The minimum atomic E-state index is -0.712. The summed E-state index contributed by atoms with van der Waals surface area (Å²) < 4.78 is 0. The molecule has 0 aliphatic heterocycles. The van der Waals surface area contributed by atoms with Gasteiger partial charge in [-0.3, -0.25) is 0 Å². The third-order valence-electron chi connectivity index (χ3n) is 2.39. The van der Waals surface area contributed by atoms with Crippen molar-refractivity contribution in [2.75, 3.05) is 26.2 Å². The van der Waals surface area contributed by atoms with E-state index in [-0.39, 0.29) is 39.0 Å². The molecule has 4 atom stereocenters. The molecule has 0 saturated carbocycles. The van der Waals surface area contributed by atoms with Gasteiger partial charge in [-0.2, -0.15) is 0 Å². The number of hydrogen-bond donors (Lipinski definition) is 7. The summed E-state index contributed by atoms with van der Waals surface area (Å²) >= 11 is 0. The summed E-state index contributed by atoms with van der Waals surface area (Å²) in [7, 11) is 0. The van der Waals surface area contributed by atoms with Gasteiger partial charge < -0.3 is 37.2 Å². The van der Waals surface area contributed by atoms with Gasteiger partial charge in [0.05, 0.1) is 24.4 Å². The fraction of sp³-hybridized carbons (Fsp3) is 1.00. The van der Waals surface area contributed by atoms with Crippen LogP contribution in [0.3, 0.4) is 0 Å². The van der Waals surface area contributed by atoms with Crippen LogP contribution in [0.15, 0.2) is 0 Å². The second-order valence-electron chi connectivity index (χ2n) is 4.22. The number of nitrogens with one attached hydrogen (secondary N) is 1. The van der Waals surface area contributed by atoms with Crippen molar-refractivity contribution in [1.29, 1.82) is 0 Å². The summed E-state index contributed by atoms with van der Waals surface area (Å²) in [6.45, 7) is 0.741. The van der Waals surface area contributed by atoms with Gasteiger partial charge in [0.1, 0.15) is 0 Å². The van der Waals surface area contributed by atoms with Crippen LogP contribution in [0.4, 0.5) is 0 Å². The van der Waals surface area contributed by atoms with E-state index in [2.05, 4.69) is 5.32 Å². The number of nitrogens with two attached hydrogens (primary N) is 2. The molecule has 0 radical (unpaired) electrons. The molecule has 17 heavy (non-hydrogen) atoms. The molecule has 0 amide bonds. The largest absolute Gasteiger partial charge is 0.392 e. The quantitative estimate of drug-likeness (QED) is 0.215. The van der Waals surface area contributed by atoms with Gasteiger partial charge in [0, 0.05) is 39.0 Å². The Hall–Kier alpha value is -0.280. The standard InChI is InChI=1S/C10H25N3O4/c11-3-7(14)1-9(16)5-13-6-10(17)2-8(15)4-12/h7-10,13-17H,1-6,11-12H2/t7-,8+,9-,10-/m0/s1. The summed E-state index contributed by atoms with van der Waals surface area (Å²) in [4.78, 5) is 0. The van der Waals surface area contributed by atoms with E-state index in [0.717, 1.165) is 0 Å². The molecular formula is C10H25N3O4. The molecule has 0 aromatic heterocycles. The fourth-order valence-electron chi connectivity index (χ4n) is 1.40. The average molecular weight is 251 g/mol. The molecule has 0 aliphatic carbocycles. The molecule has 0 aromatic carbocycles. The number of aliphatic hydroxyl groups is 4. The maximum absolute atomic E-state index is 9.46. The number of aliphatic hydroxyl groups excluding tert-OH is 4. The maximum atomic E-state index is 9.46. The van der Waals surface area contributed by atoms with E-state index in [1.54, 1.807) is 0 Å². The molecule has 0 unspecified atom stereocenters. The van der Waals surface area contributed by atoms with Crippen LogP contribution < -0.4 is 16.8 Å². The first kappa shape index (κ1) is 16.7. The Balaban J connectivity index is 3.55. The van der Waals surface area contributed by atoms with Crippen LogP contribution in [0.1, 0.15) is 12.8 Å². The Kier molecular flexibility index (Phi) is 9.56. The van der Waals surface area contributed by atoms with Crippen LogP contribution in [0, 0.1) is 0 Å². The average Bonchev–Trinajstić information content (AvgIpc) is 2.28. The lowest BCUT2D eigenvalue weighted by Gasteiger charge is -2.18. The van der Waals surface area contributed by atoms with Gasteiger partial charge in [0.15, 0.2) is 0 Å². The van der Waals surface area contributed by atoms with Gasteiger partial charge in [0.2, 0.25) is 0 Å². The molecule has 0 saturated heterocycles. The van der Waals surface area contributed by atoms with Crippen molar-refractivity contribution in [2.24, 2.45) is 11.5 Å². The molecule has 7 heteroatoms. The van der Waals surface area contributed by atoms with Gasteiger partial charge in [-0.15, -0.1) is 0 Å². The molecule has 0 fully saturated rings. The van der Waals surface area contributed by atoms with E-state index in [4.69, 9.17) is 11.5 Å². The zero-order chi connectivity index (χ0) is 13.3. The van der Waals surface area contributed by atoms with E-state index < -0.39 is 24.4 Å². The summed E-state index contributed by atoms with van der Waals surface area (Å²) in [5.41, 5.74) is 10.4. The summed E-state index contributed by atoms with van der Waals surface area (Å²) in [5.74, 6) is 0. The second-order valence-corrected chi connectivity index (χ2v) is 4.22. The lowest BCUT2D eigenvalue weighted by molar-refractivity contribution is 0.0701. The molecule has 9 N–H and O–H groups in total. The third-order valence-corrected chi connectivity index (χ3v) is 2.39. The van der Waals surface area contributed by atoms with Crippen molar-refractivity contribution in [3.8, 4) is 0 Å². The first-order chi connectivity index (χ1) is 7.99. The van der Waals surface area contributed by atoms with Crippen molar-refractivity contribution < 1.29 is 20.4 Å². The fourth-order valence-corrected chi connectivity index (χ4v) is 1.40. The highest BCUT2D eigenvalue weighted by Crippen LogP contribution is 1.98. The molecular weight excluding hydrogens is 226 g/mol. The van der Waals surface area contributed by atoms with Crippen molar-refractivity contribution in [2.45, 2.75) is 37.3 Å². The van der Waals surface area contributed by atoms with Crippen LogP contribution in [-0.2, 0) is 0 Å². The van der Waals surface area contributed by atoms with Crippen LogP contribution in [0.5, 0.6) is 0 Å². The monoisotopic (exact) mass is 251 g/mol. The van der Waals surface area contributed by atoms with E-state index in [1.807, 2.05) is 0 Å². The Bertz CT molecular complexity index is 167. The highest BCUT2D eigenvalue weighted by molar-refractivity contribution is 4.70. The smallest absolute Gasteiger partial charge is 0.0689 e. The second kappa shape index (κ2) is 9.72. The minimum Gasteiger partial charge on any atom is -0.392 e. The van der Waals surface area contributed by atoms with Crippen molar-refractivity contribution in [3.63, 3.8) is 0 Å². The van der Waals surface area contributed by atoms with Gasteiger partial charge in [-0.25, -0.2) is 0 Å². The first-order valence-corrected chi connectivity index (χ1v) is 5.82. The van der Waals surface area contributed by atoms with Crippen LogP contribution in [-0.4, -0.2) is 71.0 Å². The Morgan fingerprint density at radius 2 is 1.06 bits per heavy atom. The normalized spacial score (nSPS) is 18.7. The van der Waals surface area contributed by atoms with Gasteiger partial charge in [-0.1, -0.05) is 0 Å². The zero-order valence-electron chi connectivity index (χ0n) is 10.00. The Morgan fingerprint density at radius 1 is 0.706 bits per heavy atom. The topological polar surface area (TPSA) is 145 Å². The van der Waals surface area contributed by atoms with Crippen molar-refractivity contribution >= 4 is 0 Å². The van der Waals surface area contributed by atoms with Crippen molar-refractivity contribution in [1.82, 2.24) is 5.32 Å². The lowest BCUT2D eigenvalue weighted by Crippen LogP contribution is -2.37. The lowest BCUT2D eigenvalue weighted by atomic mass is 10.1. The molecule has 0 aliphatic rings. The molecule has 104 valence electrons. The molecule has 0 spiro atoms. The van der Waals surface area contributed by atoms with Gasteiger partial charge in [0.25, 0.3) is 0 Å². The summed E-state index contributed by atoms with van der Waals surface area (Å²) in [6, 6.07) is 0. The predicted molar refractivity (Wildman–Crippen MR) is 64.2 cm³/mol. The van der Waals surface area contributed by atoms with E-state index in [9.17, 15) is 20.4 Å². The van der Waals surface area contributed by atoms with E-state index in [0.29, 0.717) is 0 Å². The molecule has 7 nitrogen and oxygen atoms in total. The van der Waals surface area contributed by atoms with E-state index in [1.165, 1.54) is 0 Å². The maximum Gasteiger partial charge on any atom is 0.0689 e. The summed E-state index contributed by atoms with van der Waals surface area (Å²) in [6.07, 6.45) is -2.44. The van der Waals surface area contributed by atoms with Crippen LogP contribution in [0.2, 0.25) is 0 Å². The molecule has 0 aromatic rings. The number of rotatable bonds is 10. The zero-order valence-corrected chi connectivity index (χ0v) is 10.00. The Labute approximate surface area is 101 Å². The molecule has 0 heterocycles. The van der Waals surface area contributed by atoms with Crippen LogP contribution in [0.25, 0.3) is 0 Å². The Morgan fingerprint density at radius 3 is 1.35 bits per heavy atom. The SMILES string of the molecule is NC[C@@H](O)C[C@H](O)CNC[C@@H](O)C[C@@H](O)CN. The van der Waals surface area contributed by atoms with Gasteiger partial charge in [-0.05, 0) is 0 Å². The summed E-state index contributed by atoms with van der Waals surface area (Å²) in [5, 5.41) is 40.1. The highest BCUT2D eigenvalue weighted by atomic mass is 16.3. The minimum absolute atomic E-state index is 0.113. The third kappa shape index (κ3) is 9.42. The van der Waals surface area contributed by atoms with Crippen molar-refractivity contribution in [3.05, 3.63) is 0 Å². The predicted octanol–water partition coefficient (Wildman–Crippen LogP) is -3.28. The molecule has 0 bridgehead atoms. The number of hydrogen-bond acceptors (Lipinski definition) is 7. The van der Waals surface area contributed by atoms with Crippen LogP contribution >= 0.6 is 0 Å².